The second-order valence-corrected chi connectivity index (χ2v) is 8.40. The summed E-state index contributed by atoms with van der Waals surface area (Å²) < 4.78 is 11.3. The highest BCUT2D eigenvalue weighted by Crippen LogP contribution is 2.38. The Morgan fingerprint density at radius 1 is 1.12 bits per heavy atom. The van der Waals surface area contributed by atoms with E-state index in [-0.39, 0.29) is 30.6 Å². The van der Waals surface area contributed by atoms with E-state index in [4.69, 9.17) is 9.47 Å². The van der Waals surface area contributed by atoms with Crippen molar-refractivity contribution in [2.24, 2.45) is 5.92 Å². The number of rotatable bonds is 9. The number of pyridine rings is 1. The molecule has 1 fully saturated rings. The molecule has 0 spiro atoms. The summed E-state index contributed by atoms with van der Waals surface area (Å²) in [5.74, 6) is -0.745. The maximum absolute atomic E-state index is 13.0. The molecule has 1 amide bonds. The first-order valence-electron chi connectivity index (χ1n) is 10.8. The van der Waals surface area contributed by atoms with Gasteiger partial charge in [-0.25, -0.2) is 0 Å². The second-order valence-electron chi connectivity index (χ2n) is 8.40. The normalized spacial score (nSPS) is 18.1. The minimum atomic E-state index is -0.799. The molecule has 1 unspecified atom stereocenters. The first kappa shape index (κ1) is 23.5. The lowest BCUT2D eigenvalue weighted by Gasteiger charge is -2.24. The van der Waals surface area contributed by atoms with E-state index in [1.165, 1.54) is 4.90 Å². The van der Waals surface area contributed by atoms with Crippen LogP contribution in [0.25, 0.3) is 5.76 Å². The van der Waals surface area contributed by atoms with Gasteiger partial charge >= 0.3 is 0 Å². The molecule has 0 radical (unpaired) electrons. The Morgan fingerprint density at radius 2 is 1.91 bits per heavy atom. The van der Waals surface area contributed by atoms with Gasteiger partial charge in [0.25, 0.3) is 11.7 Å². The molecule has 32 heavy (non-hydrogen) atoms. The highest BCUT2D eigenvalue weighted by molar-refractivity contribution is 6.46. The van der Waals surface area contributed by atoms with Crippen molar-refractivity contribution >= 4 is 17.4 Å². The first-order chi connectivity index (χ1) is 15.3. The molecular weight excluding hydrogens is 408 g/mol. The van der Waals surface area contributed by atoms with Crippen molar-refractivity contribution in [3.8, 4) is 5.75 Å². The van der Waals surface area contributed by atoms with Gasteiger partial charge in [-0.15, -0.1) is 0 Å². The number of ketones is 1. The van der Waals surface area contributed by atoms with E-state index in [0.717, 1.165) is 0 Å². The fraction of sp³-hybridized carbons (Fsp3) is 0.400. The van der Waals surface area contributed by atoms with Crippen LogP contribution in [0.4, 0.5) is 0 Å². The lowest BCUT2D eigenvalue weighted by molar-refractivity contribution is -0.140. The average molecular weight is 439 g/mol. The smallest absolute Gasteiger partial charge is 0.295 e. The molecule has 170 valence electrons. The van der Waals surface area contributed by atoms with E-state index >= 15 is 0 Å². The van der Waals surface area contributed by atoms with Gasteiger partial charge in [0.1, 0.15) is 17.6 Å². The maximum atomic E-state index is 13.0. The van der Waals surface area contributed by atoms with Gasteiger partial charge in [0.15, 0.2) is 0 Å². The summed E-state index contributed by atoms with van der Waals surface area (Å²) >= 11 is 0. The van der Waals surface area contributed by atoms with Crippen LogP contribution in [0.1, 0.15) is 45.0 Å². The molecule has 2 aromatic rings. The molecule has 7 nitrogen and oxygen atoms in total. The van der Waals surface area contributed by atoms with Crippen molar-refractivity contribution in [3.05, 3.63) is 65.5 Å². The number of nitrogens with zero attached hydrogens (tertiary/aromatic N) is 2. The molecular formula is C25H30N2O5. The fourth-order valence-corrected chi connectivity index (χ4v) is 3.49. The third-order valence-corrected chi connectivity index (χ3v) is 4.98. The third kappa shape index (κ3) is 5.34. The number of ether oxygens (including phenoxy) is 2. The quantitative estimate of drug-likeness (QED) is 0.362. The first-order valence-corrected chi connectivity index (χ1v) is 10.8. The van der Waals surface area contributed by atoms with Gasteiger partial charge in [-0.05, 0) is 44.0 Å². The molecule has 0 aliphatic carbocycles. The Bertz CT molecular complexity index is 985. The number of hydrogen-bond acceptors (Lipinski definition) is 6. The number of aromatic nitrogens is 1. The number of likely N-dealkylation sites (tertiary alicyclic amines) is 1. The molecule has 1 saturated heterocycles. The van der Waals surface area contributed by atoms with Crippen molar-refractivity contribution in [1.29, 1.82) is 0 Å². The van der Waals surface area contributed by atoms with Crippen LogP contribution in [0.5, 0.6) is 5.75 Å². The van der Waals surface area contributed by atoms with Crippen molar-refractivity contribution in [1.82, 2.24) is 9.88 Å². The SMILES string of the molecule is CC(C)COc1cccc(/C(O)=C2/C(=O)C(=O)N(CCOC(C)C)C2c2ccccn2)c1. The van der Waals surface area contributed by atoms with E-state index < -0.39 is 17.7 Å². The number of aliphatic hydroxyl groups is 1. The molecule has 1 aliphatic heterocycles. The predicted octanol–water partition coefficient (Wildman–Crippen LogP) is 3.96. The lowest BCUT2D eigenvalue weighted by atomic mass is 9.98. The van der Waals surface area contributed by atoms with E-state index in [0.29, 0.717) is 29.5 Å². The summed E-state index contributed by atoms with van der Waals surface area (Å²) in [5.41, 5.74) is 0.924. The number of hydrogen-bond donors (Lipinski definition) is 1. The Morgan fingerprint density at radius 3 is 2.56 bits per heavy atom. The van der Waals surface area contributed by atoms with Crippen LogP contribution < -0.4 is 4.74 Å². The molecule has 0 bridgehead atoms. The molecule has 1 atom stereocenters. The monoisotopic (exact) mass is 438 g/mol. The summed E-state index contributed by atoms with van der Waals surface area (Å²) in [6.45, 7) is 8.89. The zero-order valence-electron chi connectivity index (χ0n) is 18.9. The molecule has 2 heterocycles. The Balaban J connectivity index is 2.02. The summed E-state index contributed by atoms with van der Waals surface area (Å²) in [7, 11) is 0. The summed E-state index contributed by atoms with van der Waals surface area (Å²) in [6.07, 6.45) is 1.59. The summed E-state index contributed by atoms with van der Waals surface area (Å²) in [5, 5.41) is 11.1. The Labute approximate surface area is 188 Å². The number of Topliss-reactive ketones (excluding diaryl/α,β-unsaturated/α-hetero) is 1. The number of carbonyl (C=O) groups excluding carboxylic acids is 2. The van der Waals surface area contributed by atoms with Gasteiger partial charge in [-0.1, -0.05) is 32.0 Å². The summed E-state index contributed by atoms with van der Waals surface area (Å²) in [6, 6.07) is 11.4. The fourth-order valence-electron chi connectivity index (χ4n) is 3.49. The van der Waals surface area contributed by atoms with Crippen LogP contribution in [0.3, 0.4) is 0 Å². The summed E-state index contributed by atoms with van der Waals surface area (Å²) in [4.78, 5) is 31.7. The van der Waals surface area contributed by atoms with Gasteiger partial charge in [0.05, 0.1) is 30.6 Å². The molecule has 3 rings (SSSR count). The lowest BCUT2D eigenvalue weighted by Crippen LogP contribution is -2.33. The van der Waals surface area contributed by atoms with E-state index in [9.17, 15) is 14.7 Å². The Kier molecular flexibility index (Phi) is 7.64. The van der Waals surface area contributed by atoms with Crippen molar-refractivity contribution in [3.63, 3.8) is 0 Å². The van der Waals surface area contributed by atoms with Crippen LogP contribution in [-0.4, -0.2) is 52.5 Å². The molecule has 1 aromatic heterocycles. The Hall–Kier alpha value is -3.19. The minimum absolute atomic E-state index is 0.00583. The zero-order chi connectivity index (χ0) is 23.3. The zero-order valence-corrected chi connectivity index (χ0v) is 18.9. The van der Waals surface area contributed by atoms with Crippen LogP contribution in [-0.2, 0) is 14.3 Å². The number of carbonyl (C=O) groups is 2. The van der Waals surface area contributed by atoms with E-state index in [1.807, 2.05) is 27.7 Å². The van der Waals surface area contributed by atoms with Crippen molar-refractivity contribution < 1.29 is 24.2 Å². The number of benzene rings is 1. The van der Waals surface area contributed by atoms with Gasteiger partial charge in [-0.2, -0.15) is 0 Å². The molecule has 7 heteroatoms. The molecule has 1 aromatic carbocycles. The number of aliphatic hydroxyl groups excluding tert-OH is 1. The number of amides is 1. The van der Waals surface area contributed by atoms with Crippen molar-refractivity contribution in [2.75, 3.05) is 19.8 Å². The largest absolute Gasteiger partial charge is 0.507 e. The maximum Gasteiger partial charge on any atom is 0.295 e. The van der Waals surface area contributed by atoms with Crippen LogP contribution in [0, 0.1) is 5.92 Å². The van der Waals surface area contributed by atoms with Gasteiger partial charge in [0, 0.05) is 18.3 Å². The topological polar surface area (TPSA) is 89.0 Å². The molecule has 1 aliphatic rings. The van der Waals surface area contributed by atoms with Gasteiger partial charge < -0.3 is 19.5 Å². The standard InChI is InChI=1S/C25H30N2O5/c1-16(2)15-32-19-9-7-8-18(14-19)23(28)21-22(20-10-5-6-11-26-20)27(25(30)24(21)29)12-13-31-17(3)4/h5-11,14,16-17,22,28H,12-13,15H2,1-4H3/b23-21-. The highest BCUT2D eigenvalue weighted by Gasteiger charge is 2.46. The van der Waals surface area contributed by atoms with Crippen LogP contribution >= 0.6 is 0 Å². The van der Waals surface area contributed by atoms with E-state index in [1.54, 1.807) is 48.7 Å². The third-order valence-electron chi connectivity index (χ3n) is 4.98. The van der Waals surface area contributed by atoms with Crippen LogP contribution in [0.15, 0.2) is 54.2 Å². The van der Waals surface area contributed by atoms with Gasteiger partial charge in [-0.3, -0.25) is 14.6 Å². The molecule has 1 N–H and O–H groups in total. The molecule has 0 saturated carbocycles. The minimum Gasteiger partial charge on any atom is -0.507 e. The van der Waals surface area contributed by atoms with Crippen molar-refractivity contribution in [2.45, 2.75) is 39.8 Å². The van der Waals surface area contributed by atoms with Gasteiger partial charge in [0.2, 0.25) is 0 Å². The van der Waals surface area contributed by atoms with Crippen LogP contribution in [0.2, 0.25) is 0 Å². The van der Waals surface area contributed by atoms with E-state index in [2.05, 4.69) is 4.98 Å². The predicted molar refractivity (Wildman–Crippen MR) is 121 cm³/mol. The highest BCUT2D eigenvalue weighted by atomic mass is 16.5. The average Bonchev–Trinajstić information content (AvgIpc) is 3.03. The second kappa shape index (κ2) is 10.4.